The summed E-state index contributed by atoms with van der Waals surface area (Å²) in [7, 11) is -3.58. The number of benzene rings is 1. The Kier molecular flexibility index (Phi) is 7.56. The highest BCUT2D eigenvalue weighted by Crippen LogP contribution is 2.21. The van der Waals surface area contributed by atoms with Gasteiger partial charge >= 0.3 is 0 Å². The number of carbonyl (C=O) groups excluding carboxylic acids is 1. The molecule has 1 amide bonds. The Morgan fingerprint density at radius 1 is 1.14 bits per heavy atom. The molecule has 4 heterocycles. The number of aromatic nitrogens is 3. The summed E-state index contributed by atoms with van der Waals surface area (Å²) in [5, 5.41) is 5.15. The molecule has 3 aromatic heterocycles. The van der Waals surface area contributed by atoms with Gasteiger partial charge in [-0.2, -0.15) is 4.31 Å². The summed E-state index contributed by atoms with van der Waals surface area (Å²) in [5.74, 6) is -0.249. The van der Waals surface area contributed by atoms with Crippen LogP contribution >= 0.6 is 11.3 Å². The first-order chi connectivity index (χ1) is 18.0. The van der Waals surface area contributed by atoms with E-state index in [1.807, 2.05) is 34.3 Å². The predicted molar refractivity (Wildman–Crippen MR) is 142 cm³/mol. The number of nitrogens with one attached hydrogen (secondary N) is 1. The van der Waals surface area contributed by atoms with Gasteiger partial charge in [0.25, 0.3) is 5.91 Å². The molecular weight excluding hydrogens is 510 g/mol. The second-order valence-corrected chi connectivity index (χ2v) is 11.1. The minimum absolute atomic E-state index is 0.218. The number of sulfonamides is 1. The first-order valence-electron chi connectivity index (χ1n) is 11.6. The van der Waals surface area contributed by atoms with Crippen molar-refractivity contribution in [2.24, 2.45) is 0 Å². The van der Waals surface area contributed by atoms with Crippen LogP contribution in [0.2, 0.25) is 0 Å². The molecule has 1 fully saturated rings. The van der Waals surface area contributed by atoms with Crippen LogP contribution in [0.25, 0.3) is 6.08 Å². The molecular formula is C26H25N5O4S2. The molecule has 1 saturated heterocycles. The number of nitrogens with zero attached hydrogens (tertiary/aromatic N) is 4. The largest absolute Gasteiger partial charge is 0.371 e. The minimum atomic E-state index is -3.58. The van der Waals surface area contributed by atoms with Crippen LogP contribution in [0.1, 0.15) is 21.7 Å². The summed E-state index contributed by atoms with van der Waals surface area (Å²) >= 11 is 1.31. The topological polar surface area (TPSA) is 106 Å². The fourth-order valence-electron chi connectivity index (χ4n) is 3.96. The Hall–Kier alpha value is -3.64. The quantitative estimate of drug-likeness (QED) is 0.368. The molecule has 0 saturated carbocycles. The zero-order chi connectivity index (χ0) is 25.7. The number of thiazole rings is 1. The third kappa shape index (κ3) is 6.03. The number of ether oxygens (including phenoxy) is 1. The fraction of sp³-hybridized carbons (Fsp3) is 0.192. The third-order valence-electron chi connectivity index (χ3n) is 5.83. The Balaban J connectivity index is 1.20. The van der Waals surface area contributed by atoms with Gasteiger partial charge in [-0.05, 0) is 48.0 Å². The van der Waals surface area contributed by atoms with Crippen LogP contribution in [0.4, 0.5) is 5.13 Å². The molecule has 1 aliphatic heterocycles. The summed E-state index contributed by atoms with van der Waals surface area (Å²) in [5.41, 5.74) is 2.22. The Morgan fingerprint density at radius 2 is 1.95 bits per heavy atom. The lowest BCUT2D eigenvalue weighted by atomic mass is 10.2. The van der Waals surface area contributed by atoms with Crippen molar-refractivity contribution in [3.63, 3.8) is 0 Å². The van der Waals surface area contributed by atoms with Crippen molar-refractivity contribution in [3.8, 4) is 0 Å². The zero-order valence-corrected chi connectivity index (χ0v) is 21.4. The number of pyridine rings is 1. The van der Waals surface area contributed by atoms with E-state index in [4.69, 9.17) is 4.74 Å². The molecule has 1 aromatic carbocycles. The second kappa shape index (κ2) is 11.2. The molecule has 5 rings (SSSR count). The minimum Gasteiger partial charge on any atom is -0.371 e. The molecule has 190 valence electrons. The van der Waals surface area contributed by atoms with Crippen LogP contribution in [-0.4, -0.2) is 59.0 Å². The van der Waals surface area contributed by atoms with Crippen molar-refractivity contribution < 1.29 is 17.9 Å². The van der Waals surface area contributed by atoms with Gasteiger partial charge in [0.15, 0.2) is 5.13 Å². The van der Waals surface area contributed by atoms with Gasteiger partial charge in [0.2, 0.25) is 10.0 Å². The highest BCUT2D eigenvalue weighted by atomic mass is 32.2. The molecule has 1 aliphatic rings. The van der Waals surface area contributed by atoms with E-state index >= 15 is 0 Å². The van der Waals surface area contributed by atoms with Crippen molar-refractivity contribution in [1.29, 1.82) is 0 Å². The lowest BCUT2D eigenvalue weighted by Gasteiger charge is -2.30. The Labute approximate surface area is 219 Å². The molecule has 1 N–H and O–H groups in total. The number of carbonyl (C=O) groups is 1. The van der Waals surface area contributed by atoms with Gasteiger partial charge in [-0.15, -0.1) is 11.3 Å². The van der Waals surface area contributed by atoms with Gasteiger partial charge in [-0.3, -0.25) is 15.1 Å². The lowest BCUT2D eigenvalue weighted by molar-refractivity contribution is 0.0273. The summed E-state index contributed by atoms with van der Waals surface area (Å²) in [6, 6.07) is 15.8. The van der Waals surface area contributed by atoms with Gasteiger partial charge in [0.1, 0.15) is 5.69 Å². The average molecular weight is 536 g/mol. The van der Waals surface area contributed by atoms with E-state index in [0.717, 1.165) is 5.56 Å². The van der Waals surface area contributed by atoms with Crippen molar-refractivity contribution in [2.75, 3.05) is 25.0 Å². The van der Waals surface area contributed by atoms with Gasteiger partial charge in [0, 0.05) is 43.6 Å². The van der Waals surface area contributed by atoms with Crippen LogP contribution in [-0.2, 0) is 21.3 Å². The van der Waals surface area contributed by atoms with Crippen LogP contribution in [0.3, 0.4) is 0 Å². The highest BCUT2D eigenvalue weighted by molar-refractivity contribution is 7.89. The number of rotatable bonds is 8. The molecule has 0 spiro atoms. The smallest absolute Gasteiger partial charge is 0.274 e. The molecule has 11 heteroatoms. The zero-order valence-electron chi connectivity index (χ0n) is 19.8. The molecule has 0 bridgehead atoms. The molecule has 1 atom stereocenters. The van der Waals surface area contributed by atoms with E-state index in [1.54, 1.807) is 60.9 Å². The fourth-order valence-corrected chi connectivity index (χ4v) is 6.09. The van der Waals surface area contributed by atoms with Crippen LogP contribution < -0.4 is 5.32 Å². The predicted octanol–water partition coefficient (Wildman–Crippen LogP) is 3.74. The lowest BCUT2D eigenvalue weighted by Crippen LogP contribution is -2.44. The summed E-state index contributed by atoms with van der Waals surface area (Å²) in [6.07, 6.45) is 8.48. The van der Waals surface area contributed by atoms with E-state index in [2.05, 4.69) is 15.3 Å². The maximum atomic E-state index is 12.9. The van der Waals surface area contributed by atoms with Crippen LogP contribution in [0.5, 0.6) is 0 Å². The van der Waals surface area contributed by atoms with Crippen LogP contribution in [0, 0.1) is 0 Å². The maximum absolute atomic E-state index is 12.9. The number of hydrogen-bond donors (Lipinski definition) is 1. The second-order valence-electron chi connectivity index (χ2n) is 8.35. The van der Waals surface area contributed by atoms with Crippen molar-refractivity contribution in [3.05, 3.63) is 102 Å². The summed E-state index contributed by atoms with van der Waals surface area (Å²) in [4.78, 5) is 21.6. The molecule has 0 aliphatic carbocycles. The molecule has 1 unspecified atom stereocenters. The number of anilines is 1. The number of amides is 1. The van der Waals surface area contributed by atoms with E-state index in [-0.39, 0.29) is 17.3 Å². The molecule has 9 nitrogen and oxygen atoms in total. The molecule has 37 heavy (non-hydrogen) atoms. The number of hydrogen-bond acceptors (Lipinski definition) is 7. The van der Waals surface area contributed by atoms with Crippen LogP contribution in [0.15, 0.2) is 89.5 Å². The van der Waals surface area contributed by atoms with Crippen molar-refractivity contribution >= 4 is 38.5 Å². The average Bonchev–Trinajstić information content (AvgIpc) is 3.58. The molecule has 4 aromatic rings. The van der Waals surface area contributed by atoms with Crippen molar-refractivity contribution in [2.45, 2.75) is 17.5 Å². The Bertz CT molecular complexity index is 1480. The van der Waals surface area contributed by atoms with E-state index in [1.165, 1.54) is 15.6 Å². The van der Waals surface area contributed by atoms with Gasteiger partial charge in [-0.1, -0.05) is 24.3 Å². The monoisotopic (exact) mass is 535 g/mol. The molecule has 0 radical (unpaired) electrons. The third-order valence-corrected chi connectivity index (χ3v) is 8.48. The summed E-state index contributed by atoms with van der Waals surface area (Å²) in [6.45, 7) is 1.38. The first-order valence-corrected chi connectivity index (χ1v) is 14.0. The van der Waals surface area contributed by atoms with E-state index in [0.29, 0.717) is 36.2 Å². The van der Waals surface area contributed by atoms with E-state index in [9.17, 15) is 13.2 Å². The SMILES string of the molecule is O=C(Nc1nc(/C=C/C2CN(S(=O)(=O)c3ccccc3)CCO2)cs1)c1cccn1Cc1ccncc1. The standard InChI is InChI=1S/C26H25N5O4S2/c32-25(24-7-4-14-30(24)17-20-10-12-27-13-11-20)29-26-28-21(19-36-26)8-9-22-18-31(15-16-35-22)37(33,34)23-5-2-1-3-6-23/h1-14,19,22H,15-18H2,(H,28,29,32)/b9-8+. The van der Waals surface area contributed by atoms with Crippen molar-refractivity contribution in [1.82, 2.24) is 18.8 Å². The Morgan fingerprint density at radius 3 is 2.76 bits per heavy atom. The number of morpholine rings is 1. The van der Waals surface area contributed by atoms with E-state index < -0.39 is 16.1 Å². The van der Waals surface area contributed by atoms with Gasteiger partial charge < -0.3 is 9.30 Å². The summed E-state index contributed by atoms with van der Waals surface area (Å²) < 4.78 is 34.9. The maximum Gasteiger partial charge on any atom is 0.274 e. The highest BCUT2D eigenvalue weighted by Gasteiger charge is 2.29. The normalized spacial score (nSPS) is 16.7. The first kappa shape index (κ1) is 25.0. The van der Waals surface area contributed by atoms with Gasteiger partial charge in [-0.25, -0.2) is 13.4 Å². The van der Waals surface area contributed by atoms with Gasteiger partial charge in [0.05, 0.1) is 23.3 Å².